The van der Waals surface area contributed by atoms with Gasteiger partial charge in [0.15, 0.2) is 0 Å². The van der Waals surface area contributed by atoms with Crippen molar-refractivity contribution in [3.8, 4) is 0 Å². The maximum atomic E-state index is 10.9. The summed E-state index contributed by atoms with van der Waals surface area (Å²) in [4.78, 5) is 32.0. The van der Waals surface area contributed by atoms with Crippen LogP contribution < -0.4 is 11.5 Å². The number of primary amides is 2. The van der Waals surface area contributed by atoms with Gasteiger partial charge < -0.3 is 16.6 Å². The molecule has 0 aromatic rings. The third-order valence-electron chi connectivity index (χ3n) is 1.38. The molecule has 76 valence electrons. The molecule has 2 amide bonds. The largest absolute Gasteiger partial charge is 0.478 e. The van der Waals surface area contributed by atoms with Gasteiger partial charge in [-0.3, -0.25) is 9.59 Å². The molecule has 1 aliphatic heterocycles. The topological polar surface area (TPSA) is 123 Å². The maximum Gasteiger partial charge on any atom is 0.329 e. The number of carboxylic acids is 1. The number of nitrogens with two attached hydrogens (primary N) is 2. The second-order valence-electron chi connectivity index (χ2n) is 2.35. The van der Waals surface area contributed by atoms with Crippen molar-refractivity contribution in [2.24, 2.45) is 11.5 Å². The van der Waals surface area contributed by atoms with Gasteiger partial charge in [0.1, 0.15) is 0 Å². The van der Waals surface area contributed by atoms with E-state index in [1.165, 1.54) is 0 Å². The van der Waals surface area contributed by atoms with Gasteiger partial charge in [-0.2, -0.15) is 0 Å². The van der Waals surface area contributed by atoms with Crippen molar-refractivity contribution >= 4 is 41.3 Å². The molecule has 0 atom stereocenters. The van der Waals surface area contributed by atoms with Crippen LogP contribution in [-0.4, -0.2) is 27.0 Å². The van der Waals surface area contributed by atoms with Gasteiger partial charge >= 0.3 is 5.97 Å². The number of amides is 2. The molecule has 8 heteroatoms. The number of aliphatic carboxylic acids is 1. The minimum Gasteiger partial charge on any atom is -0.478 e. The van der Waals surface area contributed by atoms with Crippen molar-refractivity contribution in [2.45, 2.75) is 4.08 Å². The lowest BCUT2D eigenvalue weighted by molar-refractivity contribution is -0.131. The van der Waals surface area contributed by atoms with Crippen molar-refractivity contribution in [1.29, 1.82) is 0 Å². The van der Waals surface area contributed by atoms with Crippen molar-refractivity contribution < 1.29 is 19.5 Å². The Labute approximate surface area is 87.1 Å². The van der Waals surface area contributed by atoms with Crippen LogP contribution in [0.2, 0.25) is 0 Å². The Morgan fingerprint density at radius 1 is 1.21 bits per heavy atom. The summed E-state index contributed by atoms with van der Waals surface area (Å²) in [7, 11) is 0. The van der Waals surface area contributed by atoms with E-state index in [2.05, 4.69) is 0 Å². The fraction of sp³-hybridized carbons (Fsp3) is 0.167. The normalized spacial score (nSPS) is 18.1. The fourth-order valence-corrected chi connectivity index (χ4v) is 3.12. The summed E-state index contributed by atoms with van der Waals surface area (Å²) in [6.45, 7) is 0. The van der Waals surface area contributed by atoms with Crippen LogP contribution in [0.3, 0.4) is 0 Å². The molecule has 1 heterocycles. The SMILES string of the molecule is NC(=O)C1(C(N)=O)SC(=CC(=O)O)S1. The van der Waals surface area contributed by atoms with Gasteiger partial charge in [-0.1, -0.05) is 23.5 Å². The monoisotopic (exact) mass is 234 g/mol. The van der Waals surface area contributed by atoms with Crippen molar-refractivity contribution in [2.75, 3.05) is 0 Å². The van der Waals surface area contributed by atoms with E-state index in [0.29, 0.717) is 4.24 Å². The quantitative estimate of drug-likeness (QED) is 0.427. The third kappa shape index (κ3) is 1.70. The molecule has 0 radical (unpaired) electrons. The highest BCUT2D eigenvalue weighted by molar-refractivity contribution is 8.41. The number of hydrogen-bond acceptors (Lipinski definition) is 5. The molecule has 1 saturated heterocycles. The number of carbonyl (C=O) groups is 3. The average Bonchev–Trinajstić information content (AvgIpc) is 1.93. The van der Waals surface area contributed by atoms with Gasteiger partial charge in [0.25, 0.3) is 11.8 Å². The molecule has 5 N–H and O–H groups in total. The molecule has 14 heavy (non-hydrogen) atoms. The highest BCUT2D eigenvalue weighted by atomic mass is 32.3. The minimum atomic E-state index is -1.54. The van der Waals surface area contributed by atoms with E-state index in [1.807, 2.05) is 0 Å². The zero-order valence-corrected chi connectivity index (χ0v) is 8.35. The molecule has 0 aromatic carbocycles. The van der Waals surface area contributed by atoms with E-state index in [0.717, 1.165) is 29.6 Å². The summed E-state index contributed by atoms with van der Waals surface area (Å²) in [5.41, 5.74) is 9.94. The summed E-state index contributed by atoms with van der Waals surface area (Å²) in [5, 5.41) is 8.36. The Bertz CT molecular complexity index is 328. The van der Waals surface area contributed by atoms with Crippen molar-refractivity contribution in [3.05, 3.63) is 10.3 Å². The van der Waals surface area contributed by atoms with Crippen LogP contribution in [0, 0.1) is 0 Å². The number of rotatable bonds is 3. The van der Waals surface area contributed by atoms with Gasteiger partial charge in [-0.15, -0.1) is 0 Å². The van der Waals surface area contributed by atoms with Gasteiger partial charge in [0.2, 0.25) is 4.08 Å². The van der Waals surface area contributed by atoms with Crippen LogP contribution in [-0.2, 0) is 14.4 Å². The highest BCUT2D eigenvalue weighted by Crippen LogP contribution is 2.59. The van der Waals surface area contributed by atoms with Gasteiger partial charge in [0, 0.05) is 6.08 Å². The van der Waals surface area contributed by atoms with Crippen molar-refractivity contribution in [1.82, 2.24) is 0 Å². The van der Waals surface area contributed by atoms with Crippen LogP contribution in [0.15, 0.2) is 10.3 Å². The molecule has 0 spiro atoms. The number of carbonyl (C=O) groups excluding carboxylic acids is 2. The lowest BCUT2D eigenvalue weighted by Crippen LogP contribution is -2.52. The van der Waals surface area contributed by atoms with E-state index < -0.39 is 21.9 Å². The fourth-order valence-electron chi connectivity index (χ4n) is 0.773. The summed E-state index contributed by atoms with van der Waals surface area (Å²) in [6.07, 6.45) is 0.888. The maximum absolute atomic E-state index is 10.9. The molecule has 0 aromatic heterocycles. The first kappa shape index (κ1) is 10.9. The van der Waals surface area contributed by atoms with Crippen LogP contribution in [0.25, 0.3) is 0 Å². The molecule has 6 nitrogen and oxygen atoms in total. The summed E-state index contributed by atoms with van der Waals surface area (Å²) in [5.74, 6) is -2.90. The predicted octanol–water partition coefficient (Wildman–Crippen LogP) is -0.941. The zero-order chi connectivity index (χ0) is 10.9. The van der Waals surface area contributed by atoms with Crippen LogP contribution in [0.5, 0.6) is 0 Å². The van der Waals surface area contributed by atoms with Gasteiger partial charge in [-0.05, 0) is 0 Å². The summed E-state index contributed by atoms with van der Waals surface area (Å²) < 4.78 is -1.21. The Balaban J connectivity index is 2.80. The Morgan fingerprint density at radius 3 is 1.93 bits per heavy atom. The molecule has 1 aliphatic rings. The highest BCUT2D eigenvalue weighted by Gasteiger charge is 2.54. The van der Waals surface area contributed by atoms with Crippen molar-refractivity contribution in [3.63, 3.8) is 0 Å². The Kier molecular flexibility index (Phi) is 2.76. The van der Waals surface area contributed by atoms with Crippen LogP contribution in [0.4, 0.5) is 0 Å². The number of carboxylic acid groups (broad SMARTS) is 1. The summed E-state index contributed by atoms with van der Waals surface area (Å²) in [6, 6.07) is 0. The van der Waals surface area contributed by atoms with Gasteiger partial charge in [-0.25, -0.2) is 4.79 Å². The van der Waals surface area contributed by atoms with Gasteiger partial charge in [0.05, 0.1) is 4.24 Å². The standard InChI is InChI=1S/C6H6N2O4S2/c7-4(11)6(5(8)12)13-3(14-6)1-2(9)10/h1H,(H2,7,11)(H2,8,12)(H,9,10). The molecule has 0 unspecified atom stereocenters. The van der Waals surface area contributed by atoms with E-state index >= 15 is 0 Å². The molecule has 0 saturated carbocycles. The summed E-state index contributed by atoms with van der Waals surface area (Å²) >= 11 is 1.52. The number of thioether (sulfide) groups is 2. The second-order valence-corrected chi connectivity index (χ2v) is 5.38. The molecular weight excluding hydrogens is 228 g/mol. The zero-order valence-electron chi connectivity index (χ0n) is 6.72. The lowest BCUT2D eigenvalue weighted by Gasteiger charge is -2.35. The first-order valence-corrected chi connectivity index (χ1v) is 4.94. The number of hydrogen-bond donors (Lipinski definition) is 3. The van der Waals surface area contributed by atoms with Crippen LogP contribution in [0.1, 0.15) is 0 Å². The molecule has 1 rings (SSSR count). The Hall–Kier alpha value is -1.15. The lowest BCUT2D eigenvalue weighted by atomic mass is 10.4. The average molecular weight is 234 g/mol. The molecule has 0 bridgehead atoms. The smallest absolute Gasteiger partial charge is 0.329 e. The second kappa shape index (κ2) is 3.54. The molecule has 1 fully saturated rings. The predicted molar refractivity (Wildman–Crippen MR) is 52.0 cm³/mol. The Morgan fingerprint density at radius 2 is 1.64 bits per heavy atom. The minimum absolute atomic E-state index is 0.329. The van der Waals surface area contributed by atoms with E-state index in [9.17, 15) is 14.4 Å². The molecule has 0 aliphatic carbocycles. The first-order chi connectivity index (χ1) is 6.38. The van der Waals surface area contributed by atoms with E-state index in [1.54, 1.807) is 0 Å². The molecular formula is C6H6N2O4S2. The van der Waals surface area contributed by atoms with E-state index in [-0.39, 0.29) is 0 Å². The van der Waals surface area contributed by atoms with Crippen LogP contribution >= 0.6 is 23.5 Å². The third-order valence-corrected chi connectivity index (χ3v) is 4.40. The first-order valence-electron chi connectivity index (χ1n) is 3.31. The van der Waals surface area contributed by atoms with E-state index in [4.69, 9.17) is 16.6 Å².